The zero-order valence-corrected chi connectivity index (χ0v) is 8.68. The molecule has 0 aromatic heterocycles. The molecule has 3 nitrogen and oxygen atoms in total. The van der Waals surface area contributed by atoms with Crippen LogP contribution in [0.15, 0.2) is 0 Å². The standard InChI is InChI=1S/C10H21NO2/c1-3-10(2,12)8-13-7-9-4-5-11-6-9/h9,11-12H,3-8H2,1-2H3. The van der Waals surface area contributed by atoms with Gasteiger partial charge in [-0.05, 0) is 32.2 Å². The summed E-state index contributed by atoms with van der Waals surface area (Å²) in [6.07, 6.45) is 1.95. The van der Waals surface area contributed by atoms with E-state index >= 15 is 0 Å². The third-order valence-corrected chi connectivity index (χ3v) is 2.69. The van der Waals surface area contributed by atoms with E-state index in [1.165, 1.54) is 6.42 Å². The Kier molecular flexibility index (Phi) is 4.16. The van der Waals surface area contributed by atoms with E-state index in [9.17, 15) is 5.11 Å². The Morgan fingerprint density at radius 1 is 1.62 bits per heavy atom. The Morgan fingerprint density at radius 2 is 2.38 bits per heavy atom. The van der Waals surface area contributed by atoms with Crippen molar-refractivity contribution in [2.75, 3.05) is 26.3 Å². The molecule has 0 amide bonds. The molecule has 78 valence electrons. The molecule has 1 aliphatic heterocycles. The Bertz CT molecular complexity index is 142. The molecule has 0 aliphatic carbocycles. The summed E-state index contributed by atoms with van der Waals surface area (Å²) in [5.41, 5.74) is -0.647. The van der Waals surface area contributed by atoms with Crippen molar-refractivity contribution < 1.29 is 9.84 Å². The lowest BCUT2D eigenvalue weighted by atomic mass is 10.1. The highest BCUT2D eigenvalue weighted by Crippen LogP contribution is 2.12. The number of aliphatic hydroxyl groups is 1. The van der Waals surface area contributed by atoms with Gasteiger partial charge in [-0.25, -0.2) is 0 Å². The fraction of sp³-hybridized carbons (Fsp3) is 1.00. The molecule has 0 saturated carbocycles. The highest BCUT2D eigenvalue weighted by Gasteiger charge is 2.20. The summed E-state index contributed by atoms with van der Waals surface area (Å²) in [5.74, 6) is 0.646. The minimum absolute atomic E-state index is 0.458. The largest absolute Gasteiger partial charge is 0.388 e. The van der Waals surface area contributed by atoms with Crippen molar-refractivity contribution in [3.05, 3.63) is 0 Å². The molecule has 13 heavy (non-hydrogen) atoms. The molecule has 2 unspecified atom stereocenters. The molecule has 2 atom stereocenters. The van der Waals surface area contributed by atoms with Crippen LogP contribution in [0.2, 0.25) is 0 Å². The second-order valence-corrected chi connectivity index (χ2v) is 4.22. The lowest BCUT2D eigenvalue weighted by Gasteiger charge is -2.21. The number of nitrogens with one attached hydrogen (secondary N) is 1. The van der Waals surface area contributed by atoms with E-state index in [1.807, 2.05) is 13.8 Å². The van der Waals surface area contributed by atoms with E-state index in [1.54, 1.807) is 0 Å². The van der Waals surface area contributed by atoms with Gasteiger partial charge in [0.1, 0.15) is 0 Å². The summed E-state index contributed by atoms with van der Waals surface area (Å²) < 4.78 is 5.48. The lowest BCUT2D eigenvalue weighted by Crippen LogP contribution is -2.30. The first-order chi connectivity index (χ1) is 6.14. The van der Waals surface area contributed by atoms with Crippen LogP contribution in [0.1, 0.15) is 26.7 Å². The van der Waals surface area contributed by atoms with Gasteiger partial charge in [-0.1, -0.05) is 6.92 Å². The van der Waals surface area contributed by atoms with Crippen molar-refractivity contribution in [3.63, 3.8) is 0 Å². The predicted molar refractivity (Wildman–Crippen MR) is 52.7 cm³/mol. The van der Waals surface area contributed by atoms with Crippen LogP contribution in [0.5, 0.6) is 0 Å². The van der Waals surface area contributed by atoms with Gasteiger partial charge in [0.05, 0.1) is 18.8 Å². The van der Waals surface area contributed by atoms with Crippen LogP contribution >= 0.6 is 0 Å². The van der Waals surface area contributed by atoms with Gasteiger partial charge in [0, 0.05) is 6.54 Å². The summed E-state index contributed by atoms with van der Waals surface area (Å²) in [5, 5.41) is 12.9. The quantitative estimate of drug-likeness (QED) is 0.668. The summed E-state index contributed by atoms with van der Waals surface area (Å²) in [7, 11) is 0. The maximum absolute atomic E-state index is 9.66. The maximum Gasteiger partial charge on any atom is 0.0849 e. The Morgan fingerprint density at radius 3 is 2.92 bits per heavy atom. The molecule has 1 rings (SSSR count). The number of hydrogen-bond acceptors (Lipinski definition) is 3. The molecule has 1 saturated heterocycles. The first-order valence-electron chi connectivity index (χ1n) is 5.15. The van der Waals surface area contributed by atoms with Crippen molar-refractivity contribution in [2.45, 2.75) is 32.3 Å². The van der Waals surface area contributed by atoms with Crippen LogP contribution in [0.4, 0.5) is 0 Å². The highest BCUT2D eigenvalue weighted by atomic mass is 16.5. The van der Waals surface area contributed by atoms with Crippen molar-refractivity contribution >= 4 is 0 Å². The van der Waals surface area contributed by atoms with E-state index < -0.39 is 5.60 Å². The molecule has 1 fully saturated rings. The molecule has 1 heterocycles. The van der Waals surface area contributed by atoms with Crippen LogP contribution in [0, 0.1) is 5.92 Å². The summed E-state index contributed by atoms with van der Waals surface area (Å²) in [4.78, 5) is 0. The van der Waals surface area contributed by atoms with E-state index in [4.69, 9.17) is 4.74 Å². The molecular formula is C10H21NO2. The Hall–Kier alpha value is -0.120. The second kappa shape index (κ2) is 4.94. The molecule has 3 heteroatoms. The molecule has 0 bridgehead atoms. The summed E-state index contributed by atoms with van der Waals surface area (Å²) >= 11 is 0. The van der Waals surface area contributed by atoms with Gasteiger partial charge >= 0.3 is 0 Å². The van der Waals surface area contributed by atoms with Gasteiger partial charge in [-0.3, -0.25) is 0 Å². The van der Waals surface area contributed by atoms with E-state index in [-0.39, 0.29) is 0 Å². The van der Waals surface area contributed by atoms with Gasteiger partial charge < -0.3 is 15.2 Å². The third-order valence-electron chi connectivity index (χ3n) is 2.69. The van der Waals surface area contributed by atoms with Crippen molar-refractivity contribution in [2.24, 2.45) is 5.92 Å². The van der Waals surface area contributed by atoms with Gasteiger partial charge in [-0.15, -0.1) is 0 Å². The Labute approximate surface area is 80.5 Å². The van der Waals surface area contributed by atoms with Gasteiger partial charge in [0.25, 0.3) is 0 Å². The third kappa shape index (κ3) is 4.07. The topological polar surface area (TPSA) is 41.5 Å². The van der Waals surface area contributed by atoms with E-state index in [2.05, 4.69) is 5.32 Å². The normalized spacial score (nSPS) is 27.5. The molecular weight excluding hydrogens is 166 g/mol. The van der Waals surface area contributed by atoms with Crippen LogP contribution in [-0.2, 0) is 4.74 Å². The molecule has 1 aliphatic rings. The smallest absolute Gasteiger partial charge is 0.0849 e. The number of hydrogen-bond donors (Lipinski definition) is 2. The monoisotopic (exact) mass is 187 g/mol. The minimum Gasteiger partial charge on any atom is -0.388 e. The lowest BCUT2D eigenvalue weighted by molar-refractivity contribution is -0.0428. The zero-order valence-electron chi connectivity index (χ0n) is 8.68. The fourth-order valence-corrected chi connectivity index (χ4v) is 1.40. The van der Waals surface area contributed by atoms with Crippen LogP contribution < -0.4 is 5.32 Å². The first kappa shape index (κ1) is 11.0. The Balaban J connectivity index is 2.06. The van der Waals surface area contributed by atoms with Crippen molar-refractivity contribution in [1.82, 2.24) is 5.32 Å². The summed E-state index contributed by atoms with van der Waals surface area (Å²) in [6, 6.07) is 0. The van der Waals surface area contributed by atoms with Gasteiger partial charge in [-0.2, -0.15) is 0 Å². The maximum atomic E-state index is 9.66. The van der Waals surface area contributed by atoms with Gasteiger partial charge in [0.2, 0.25) is 0 Å². The molecule has 0 radical (unpaired) electrons. The fourth-order valence-electron chi connectivity index (χ4n) is 1.40. The molecule has 2 N–H and O–H groups in total. The van der Waals surface area contributed by atoms with Gasteiger partial charge in [0.15, 0.2) is 0 Å². The molecule has 0 aromatic rings. The van der Waals surface area contributed by atoms with E-state index in [0.29, 0.717) is 12.5 Å². The zero-order chi connectivity index (χ0) is 9.73. The van der Waals surface area contributed by atoms with Crippen LogP contribution in [0.3, 0.4) is 0 Å². The van der Waals surface area contributed by atoms with E-state index in [0.717, 1.165) is 26.1 Å². The minimum atomic E-state index is -0.647. The molecule has 0 spiro atoms. The average Bonchev–Trinajstić information content (AvgIpc) is 2.57. The van der Waals surface area contributed by atoms with Crippen LogP contribution in [-0.4, -0.2) is 37.0 Å². The second-order valence-electron chi connectivity index (χ2n) is 4.22. The SMILES string of the molecule is CCC(C)(O)COCC1CCNC1. The van der Waals surface area contributed by atoms with Crippen molar-refractivity contribution in [3.8, 4) is 0 Å². The summed E-state index contributed by atoms with van der Waals surface area (Å²) in [6.45, 7) is 7.20. The predicted octanol–water partition coefficient (Wildman–Crippen LogP) is 0.773. The highest BCUT2D eigenvalue weighted by molar-refractivity contribution is 4.72. The van der Waals surface area contributed by atoms with Crippen LogP contribution in [0.25, 0.3) is 0 Å². The number of ether oxygens (including phenoxy) is 1. The number of rotatable bonds is 5. The molecule has 0 aromatic carbocycles. The first-order valence-corrected chi connectivity index (χ1v) is 5.15. The average molecular weight is 187 g/mol. The van der Waals surface area contributed by atoms with Crippen molar-refractivity contribution in [1.29, 1.82) is 0 Å².